The SMILES string of the molecule is C=C(NC(c1ccc(C)c(F)c1)c1nnc(C)o1)N1CCc2cnc(NC3CCOCC3)nc2C1. The van der Waals surface area contributed by atoms with E-state index >= 15 is 0 Å². The van der Waals surface area contributed by atoms with Gasteiger partial charge in [-0.2, -0.15) is 0 Å². The maximum absolute atomic E-state index is 14.4. The van der Waals surface area contributed by atoms with Crippen LogP contribution in [0.1, 0.15) is 53.0 Å². The molecule has 0 saturated carbocycles. The Labute approximate surface area is 203 Å². The molecule has 0 spiro atoms. The number of rotatable bonds is 7. The van der Waals surface area contributed by atoms with Gasteiger partial charge in [0, 0.05) is 38.9 Å². The molecule has 2 aromatic heterocycles. The monoisotopic (exact) mass is 479 g/mol. The maximum Gasteiger partial charge on any atom is 0.243 e. The highest BCUT2D eigenvalue weighted by molar-refractivity contribution is 5.33. The summed E-state index contributed by atoms with van der Waals surface area (Å²) in [6.07, 6.45) is 4.61. The number of aryl methyl sites for hydroxylation is 2. The van der Waals surface area contributed by atoms with Gasteiger partial charge in [-0.1, -0.05) is 18.7 Å². The second-order valence-electron chi connectivity index (χ2n) is 9.06. The van der Waals surface area contributed by atoms with Crippen LogP contribution in [0, 0.1) is 19.7 Å². The molecule has 0 amide bonds. The largest absolute Gasteiger partial charge is 0.423 e. The first-order chi connectivity index (χ1) is 17.0. The number of aromatic nitrogens is 4. The third-order valence-corrected chi connectivity index (χ3v) is 6.51. The number of anilines is 1. The van der Waals surface area contributed by atoms with Gasteiger partial charge in [0.15, 0.2) is 0 Å². The molecule has 10 heteroatoms. The Balaban J connectivity index is 1.32. The molecule has 184 valence electrons. The van der Waals surface area contributed by atoms with E-state index in [-0.39, 0.29) is 5.82 Å². The molecule has 1 atom stereocenters. The normalized spacial score (nSPS) is 17.1. The minimum absolute atomic E-state index is 0.288. The van der Waals surface area contributed by atoms with E-state index < -0.39 is 6.04 Å². The molecule has 1 fully saturated rings. The van der Waals surface area contributed by atoms with Crippen LogP contribution in [0.4, 0.5) is 10.3 Å². The van der Waals surface area contributed by atoms with E-state index in [0.717, 1.165) is 50.3 Å². The summed E-state index contributed by atoms with van der Waals surface area (Å²) in [6, 6.07) is 4.89. The third kappa shape index (κ3) is 5.27. The summed E-state index contributed by atoms with van der Waals surface area (Å²) in [7, 11) is 0. The summed E-state index contributed by atoms with van der Waals surface area (Å²) in [6.45, 7) is 10.6. The zero-order chi connectivity index (χ0) is 24.4. The number of hydrogen-bond donors (Lipinski definition) is 2. The van der Waals surface area contributed by atoms with Crippen molar-refractivity contribution in [1.82, 2.24) is 30.4 Å². The molecule has 2 aliphatic heterocycles. The van der Waals surface area contributed by atoms with E-state index in [0.29, 0.717) is 47.3 Å². The molecule has 9 nitrogen and oxygen atoms in total. The van der Waals surface area contributed by atoms with Gasteiger partial charge in [-0.3, -0.25) is 0 Å². The lowest BCUT2D eigenvalue weighted by molar-refractivity contribution is 0.0903. The summed E-state index contributed by atoms with van der Waals surface area (Å²) in [4.78, 5) is 11.4. The van der Waals surface area contributed by atoms with E-state index in [2.05, 4.69) is 37.3 Å². The molecule has 3 aromatic rings. The molecule has 2 aliphatic rings. The zero-order valence-corrected chi connectivity index (χ0v) is 20.1. The van der Waals surface area contributed by atoms with Gasteiger partial charge in [0.25, 0.3) is 0 Å². The predicted molar refractivity (Wildman–Crippen MR) is 128 cm³/mol. The Morgan fingerprint density at radius 2 is 2.06 bits per heavy atom. The molecule has 4 heterocycles. The smallest absolute Gasteiger partial charge is 0.243 e. The number of ether oxygens (including phenoxy) is 1. The Morgan fingerprint density at radius 3 is 2.80 bits per heavy atom. The van der Waals surface area contributed by atoms with Crippen LogP contribution in [0.15, 0.2) is 41.2 Å². The topological polar surface area (TPSA) is 101 Å². The highest BCUT2D eigenvalue weighted by Crippen LogP contribution is 2.27. The second-order valence-corrected chi connectivity index (χ2v) is 9.06. The first kappa shape index (κ1) is 23.2. The van der Waals surface area contributed by atoms with E-state index in [1.165, 1.54) is 6.07 Å². The molecule has 1 saturated heterocycles. The van der Waals surface area contributed by atoms with Gasteiger partial charge in [-0.25, -0.2) is 14.4 Å². The van der Waals surface area contributed by atoms with E-state index in [4.69, 9.17) is 14.1 Å². The van der Waals surface area contributed by atoms with Crippen LogP contribution in [-0.2, 0) is 17.7 Å². The average molecular weight is 480 g/mol. The van der Waals surface area contributed by atoms with Crippen molar-refractivity contribution in [3.8, 4) is 0 Å². The summed E-state index contributed by atoms with van der Waals surface area (Å²) < 4.78 is 25.5. The average Bonchev–Trinajstić information content (AvgIpc) is 3.30. The predicted octanol–water partition coefficient (Wildman–Crippen LogP) is 3.41. The lowest BCUT2D eigenvalue weighted by atomic mass is 10.0. The van der Waals surface area contributed by atoms with Crippen molar-refractivity contribution in [2.75, 3.05) is 25.1 Å². The van der Waals surface area contributed by atoms with Gasteiger partial charge < -0.3 is 24.7 Å². The van der Waals surface area contributed by atoms with Gasteiger partial charge in [-0.05, 0) is 48.9 Å². The molecular formula is C25H30FN7O2. The van der Waals surface area contributed by atoms with E-state index in [9.17, 15) is 4.39 Å². The van der Waals surface area contributed by atoms with Gasteiger partial charge in [0.2, 0.25) is 17.7 Å². The third-order valence-electron chi connectivity index (χ3n) is 6.51. The van der Waals surface area contributed by atoms with Crippen molar-refractivity contribution in [1.29, 1.82) is 0 Å². The van der Waals surface area contributed by atoms with Crippen molar-refractivity contribution in [3.63, 3.8) is 0 Å². The molecule has 35 heavy (non-hydrogen) atoms. The zero-order valence-electron chi connectivity index (χ0n) is 20.1. The van der Waals surface area contributed by atoms with Crippen LogP contribution in [0.3, 0.4) is 0 Å². The fraction of sp³-hybridized carbons (Fsp3) is 0.440. The molecule has 0 bridgehead atoms. The molecule has 0 radical (unpaired) electrons. The van der Waals surface area contributed by atoms with Crippen molar-refractivity contribution in [2.24, 2.45) is 0 Å². The van der Waals surface area contributed by atoms with E-state index in [1.807, 2.05) is 12.3 Å². The first-order valence-corrected chi connectivity index (χ1v) is 11.9. The minimum Gasteiger partial charge on any atom is -0.423 e. The highest BCUT2D eigenvalue weighted by atomic mass is 19.1. The second kappa shape index (κ2) is 9.99. The number of halogens is 1. The Hall–Kier alpha value is -3.53. The van der Waals surface area contributed by atoms with Crippen molar-refractivity contribution in [3.05, 3.63) is 76.8 Å². The summed E-state index contributed by atoms with van der Waals surface area (Å²) in [5, 5.41) is 15.0. The Kier molecular flexibility index (Phi) is 6.63. The van der Waals surface area contributed by atoms with Gasteiger partial charge in [-0.15, -0.1) is 10.2 Å². The van der Waals surface area contributed by atoms with E-state index in [1.54, 1.807) is 19.9 Å². The van der Waals surface area contributed by atoms with Crippen LogP contribution >= 0.6 is 0 Å². The van der Waals surface area contributed by atoms with Crippen molar-refractivity contribution in [2.45, 2.75) is 51.7 Å². The highest BCUT2D eigenvalue weighted by Gasteiger charge is 2.26. The van der Waals surface area contributed by atoms with Crippen molar-refractivity contribution < 1.29 is 13.5 Å². The minimum atomic E-state index is -0.531. The van der Waals surface area contributed by atoms with Crippen LogP contribution in [0.2, 0.25) is 0 Å². The van der Waals surface area contributed by atoms with Crippen LogP contribution in [0.5, 0.6) is 0 Å². The summed E-state index contributed by atoms with van der Waals surface area (Å²) >= 11 is 0. The number of nitrogens with one attached hydrogen (secondary N) is 2. The van der Waals surface area contributed by atoms with Crippen LogP contribution in [0.25, 0.3) is 0 Å². The Morgan fingerprint density at radius 1 is 1.23 bits per heavy atom. The number of benzene rings is 1. The number of fused-ring (bicyclic) bond motifs is 1. The Bertz CT molecular complexity index is 1210. The molecule has 2 N–H and O–H groups in total. The summed E-state index contributed by atoms with van der Waals surface area (Å²) in [5.74, 6) is 1.83. The lowest BCUT2D eigenvalue weighted by Gasteiger charge is -2.33. The van der Waals surface area contributed by atoms with Crippen LogP contribution in [-0.4, -0.2) is 50.9 Å². The van der Waals surface area contributed by atoms with Gasteiger partial charge >= 0.3 is 0 Å². The first-order valence-electron chi connectivity index (χ1n) is 11.9. The van der Waals surface area contributed by atoms with Crippen LogP contribution < -0.4 is 10.6 Å². The van der Waals surface area contributed by atoms with Gasteiger partial charge in [0.05, 0.1) is 18.1 Å². The van der Waals surface area contributed by atoms with Gasteiger partial charge in [0.1, 0.15) is 11.9 Å². The quantitative estimate of drug-likeness (QED) is 0.528. The molecule has 0 aliphatic carbocycles. The summed E-state index contributed by atoms with van der Waals surface area (Å²) in [5.41, 5.74) is 3.36. The lowest BCUT2D eigenvalue weighted by Crippen LogP contribution is -2.38. The number of nitrogens with zero attached hydrogens (tertiary/aromatic N) is 5. The number of hydrogen-bond acceptors (Lipinski definition) is 9. The fourth-order valence-electron chi connectivity index (χ4n) is 4.39. The molecule has 1 unspecified atom stereocenters. The fourth-order valence-corrected chi connectivity index (χ4v) is 4.39. The standard InChI is InChI=1S/C25H30FN7O2/c1-15-4-5-18(12-21(15)26)23(24-32-31-17(3)35-24)28-16(2)33-9-6-19-13-27-25(30-22(19)14-33)29-20-7-10-34-11-8-20/h4-5,12-13,20,23,28H,2,6-11,14H2,1,3H3,(H,27,29,30). The van der Waals surface area contributed by atoms with Crippen molar-refractivity contribution >= 4 is 5.95 Å². The maximum atomic E-state index is 14.4. The molecule has 5 rings (SSSR count). The molecular weight excluding hydrogens is 449 g/mol. The molecule has 1 aromatic carbocycles.